The van der Waals surface area contributed by atoms with E-state index < -0.39 is 11.6 Å². The molecule has 2 spiro atoms. The van der Waals surface area contributed by atoms with Crippen molar-refractivity contribution in [3.05, 3.63) is 45.8 Å². The van der Waals surface area contributed by atoms with E-state index in [4.69, 9.17) is 28.9 Å². The Balaban J connectivity index is 1.46. The van der Waals surface area contributed by atoms with Gasteiger partial charge in [0.05, 0.1) is 35.8 Å². The summed E-state index contributed by atoms with van der Waals surface area (Å²) >= 11 is 0. The van der Waals surface area contributed by atoms with Gasteiger partial charge in [-0.05, 0) is 88.8 Å². The van der Waals surface area contributed by atoms with Crippen molar-refractivity contribution in [1.82, 2.24) is 9.97 Å². The third-order valence-corrected chi connectivity index (χ3v) is 7.91. The molecule has 2 saturated heterocycles. The minimum absolute atomic E-state index is 0.0487. The molecule has 170 valence electrons. The summed E-state index contributed by atoms with van der Waals surface area (Å²) in [5, 5.41) is 0. The number of rotatable bonds is 1. The molecule has 0 N–H and O–H groups in total. The molecule has 0 bridgehead atoms. The fraction of sp³-hybridized carbons (Fsp3) is 0.615. The van der Waals surface area contributed by atoms with Crippen LogP contribution in [-0.2, 0) is 43.4 Å². The van der Waals surface area contributed by atoms with Crippen LogP contribution in [-0.4, -0.2) is 34.4 Å². The highest BCUT2D eigenvalue weighted by atomic mass is 16.8. The lowest BCUT2D eigenvalue weighted by atomic mass is 10.0. The van der Waals surface area contributed by atoms with Gasteiger partial charge in [0.25, 0.3) is 0 Å². The van der Waals surface area contributed by atoms with Crippen LogP contribution in [0.3, 0.4) is 0 Å². The fourth-order valence-corrected chi connectivity index (χ4v) is 5.84. The van der Waals surface area contributed by atoms with Gasteiger partial charge in [0.2, 0.25) is 11.6 Å². The molecule has 0 aromatic carbocycles. The van der Waals surface area contributed by atoms with Gasteiger partial charge in [-0.15, -0.1) is 0 Å². The molecule has 4 aliphatic rings. The molecular formula is C26H32N2O4. The van der Waals surface area contributed by atoms with Gasteiger partial charge in [-0.1, -0.05) is 0 Å². The van der Waals surface area contributed by atoms with Crippen molar-refractivity contribution in [3.8, 4) is 11.4 Å². The zero-order valence-corrected chi connectivity index (χ0v) is 19.8. The van der Waals surface area contributed by atoms with E-state index in [0.29, 0.717) is 0 Å². The Hall–Kier alpha value is -1.86. The number of hydrogen-bond acceptors (Lipinski definition) is 6. The Morgan fingerprint density at radius 2 is 1.00 bits per heavy atom. The van der Waals surface area contributed by atoms with E-state index in [1.54, 1.807) is 0 Å². The number of hydrogen-bond donors (Lipinski definition) is 0. The predicted octanol–water partition coefficient (Wildman–Crippen LogP) is 4.61. The lowest BCUT2D eigenvalue weighted by Crippen LogP contribution is -2.27. The maximum Gasteiger partial charge on any atom is 0.213 e. The second-order valence-corrected chi connectivity index (χ2v) is 10.1. The van der Waals surface area contributed by atoms with Gasteiger partial charge < -0.3 is 18.9 Å². The van der Waals surface area contributed by atoms with Gasteiger partial charge in [0.1, 0.15) is 11.4 Å². The van der Waals surface area contributed by atoms with Crippen molar-refractivity contribution in [2.45, 2.75) is 103 Å². The Bertz CT molecular complexity index is 1010. The quantitative estimate of drug-likeness (QED) is 0.651. The fourth-order valence-electron chi connectivity index (χ4n) is 5.84. The standard InChI is InChI=1S/C26H32N2O4/c1-13-11-21(27-23-19(13)7-9-25(23)29-15(3)16(4)30-25)22-12-14(2)20-8-10-26(24(20)28-22)31-17(5)18(6)32-26/h11-12,15-18H,7-10H2,1-6H3/t15-,16-,17-,18-/m1/s1. The Kier molecular flexibility index (Phi) is 4.42. The molecule has 2 aromatic rings. The van der Waals surface area contributed by atoms with Gasteiger partial charge in [-0.2, -0.15) is 0 Å². The molecule has 2 aromatic heterocycles. The van der Waals surface area contributed by atoms with Gasteiger partial charge in [-0.3, -0.25) is 0 Å². The van der Waals surface area contributed by atoms with Crippen LogP contribution in [0.15, 0.2) is 12.1 Å². The first-order valence-corrected chi connectivity index (χ1v) is 11.9. The largest absolute Gasteiger partial charge is 0.339 e. The van der Waals surface area contributed by atoms with Gasteiger partial charge >= 0.3 is 0 Å². The second-order valence-electron chi connectivity index (χ2n) is 10.1. The topological polar surface area (TPSA) is 62.7 Å². The van der Waals surface area contributed by atoms with Crippen LogP contribution >= 0.6 is 0 Å². The second kappa shape index (κ2) is 6.83. The van der Waals surface area contributed by atoms with Crippen molar-refractivity contribution < 1.29 is 18.9 Å². The molecule has 2 fully saturated rings. The molecule has 6 heteroatoms. The average Bonchev–Trinajstić information content (AvgIpc) is 3.44. The molecule has 0 radical (unpaired) electrons. The third kappa shape index (κ3) is 2.79. The first-order chi connectivity index (χ1) is 15.2. The number of ether oxygens (including phenoxy) is 4. The molecule has 4 atom stereocenters. The van der Waals surface area contributed by atoms with Crippen LogP contribution in [0.2, 0.25) is 0 Å². The minimum Gasteiger partial charge on any atom is -0.339 e. The van der Waals surface area contributed by atoms with Crippen LogP contribution in [0.5, 0.6) is 0 Å². The molecule has 32 heavy (non-hydrogen) atoms. The van der Waals surface area contributed by atoms with Crippen molar-refractivity contribution in [1.29, 1.82) is 0 Å². The highest BCUT2D eigenvalue weighted by molar-refractivity contribution is 5.61. The summed E-state index contributed by atoms with van der Waals surface area (Å²) in [5.41, 5.74) is 8.48. The van der Waals surface area contributed by atoms with E-state index >= 15 is 0 Å². The van der Waals surface area contributed by atoms with E-state index in [1.165, 1.54) is 22.3 Å². The van der Waals surface area contributed by atoms with Crippen LogP contribution < -0.4 is 0 Å². The van der Waals surface area contributed by atoms with Gasteiger partial charge in [-0.25, -0.2) is 9.97 Å². The lowest BCUT2D eigenvalue weighted by Gasteiger charge is -2.24. The summed E-state index contributed by atoms with van der Waals surface area (Å²) in [5.74, 6) is -1.46. The van der Waals surface area contributed by atoms with E-state index in [2.05, 4.69) is 53.7 Å². The summed E-state index contributed by atoms with van der Waals surface area (Å²) in [6.07, 6.45) is 3.66. The first kappa shape index (κ1) is 20.7. The minimum atomic E-state index is -0.732. The normalized spacial score (nSPS) is 31.6. The maximum atomic E-state index is 6.35. The van der Waals surface area contributed by atoms with Crippen molar-refractivity contribution in [2.75, 3.05) is 0 Å². The summed E-state index contributed by atoms with van der Waals surface area (Å²) in [7, 11) is 0. The highest BCUT2D eigenvalue weighted by Gasteiger charge is 2.52. The molecule has 6 rings (SSSR count). The number of aryl methyl sites for hydroxylation is 2. The molecule has 0 saturated carbocycles. The van der Waals surface area contributed by atoms with E-state index in [0.717, 1.165) is 48.5 Å². The number of aromatic nitrogens is 2. The monoisotopic (exact) mass is 436 g/mol. The summed E-state index contributed by atoms with van der Waals surface area (Å²) in [6.45, 7) is 12.6. The highest BCUT2D eigenvalue weighted by Crippen LogP contribution is 2.49. The van der Waals surface area contributed by atoms with Crippen LogP contribution in [0.4, 0.5) is 0 Å². The zero-order valence-electron chi connectivity index (χ0n) is 19.8. The maximum absolute atomic E-state index is 6.35. The van der Waals surface area contributed by atoms with Crippen LogP contribution in [0.1, 0.15) is 74.2 Å². The van der Waals surface area contributed by atoms with Gasteiger partial charge in [0, 0.05) is 12.8 Å². The summed E-state index contributed by atoms with van der Waals surface area (Å²) in [6, 6.07) is 4.30. The van der Waals surface area contributed by atoms with E-state index in [-0.39, 0.29) is 24.4 Å². The number of nitrogens with zero attached hydrogens (tertiary/aromatic N) is 2. The summed E-state index contributed by atoms with van der Waals surface area (Å²) < 4.78 is 25.4. The van der Waals surface area contributed by atoms with Crippen molar-refractivity contribution in [2.24, 2.45) is 0 Å². The predicted molar refractivity (Wildman–Crippen MR) is 119 cm³/mol. The Morgan fingerprint density at radius 1 is 0.656 bits per heavy atom. The van der Waals surface area contributed by atoms with Crippen molar-refractivity contribution >= 4 is 0 Å². The number of pyridine rings is 2. The molecule has 2 aliphatic carbocycles. The van der Waals surface area contributed by atoms with Gasteiger partial charge in [0.15, 0.2) is 0 Å². The van der Waals surface area contributed by atoms with Crippen LogP contribution in [0.25, 0.3) is 11.4 Å². The molecule has 6 nitrogen and oxygen atoms in total. The Morgan fingerprint density at radius 3 is 1.34 bits per heavy atom. The van der Waals surface area contributed by atoms with E-state index in [9.17, 15) is 0 Å². The molecule has 0 unspecified atom stereocenters. The van der Waals surface area contributed by atoms with Crippen molar-refractivity contribution in [3.63, 3.8) is 0 Å². The average molecular weight is 437 g/mol. The SMILES string of the molecule is Cc1cc(-c2cc(C)c3c(n2)C2(CC3)O[C@H](C)[C@@H](C)O2)nc2c1CCC21O[C@H](C)[C@@H](C)O1. The van der Waals surface area contributed by atoms with Crippen LogP contribution in [0, 0.1) is 13.8 Å². The first-order valence-electron chi connectivity index (χ1n) is 11.9. The molecule has 2 aliphatic heterocycles. The zero-order chi connectivity index (χ0) is 22.4. The lowest BCUT2D eigenvalue weighted by molar-refractivity contribution is -0.182. The third-order valence-electron chi connectivity index (χ3n) is 7.91. The molecule has 4 heterocycles. The molecular weight excluding hydrogens is 404 g/mol. The van der Waals surface area contributed by atoms with E-state index in [1.807, 2.05) is 0 Å². The summed E-state index contributed by atoms with van der Waals surface area (Å²) in [4.78, 5) is 10.2. The molecule has 0 amide bonds. The Labute approximate surface area is 189 Å². The number of fused-ring (bicyclic) bond motifs is 4. The smallest absolute Gasteiger partial charge is 0.213 e.